The quantitative estimate of drug-likeness (QED) is 0.616. The van der Waals surface area contributed by atoms with Gasteiger partial charge < -0.3 is 9.64 Å². The first-order valence-corrected chi connectivity index (χ1v) is 5.92. The summed E-state index contributed by atoms with van der Waals surface area (Å²) in [5.41, 5.74) is -0.369. The van der Waals surface area contributed by atoms with Gasteiger partial charge in [0.1, 0.15) is 5.60 Å². The largest absolute Gasteiger partial charge is 0.444 e. The van der Waals surface area contributed by atoms with E-state index in [1.54, 1.807) is 0 Å². The van der Waals surface area contributed by atoms with Crippen LogP contribution in [0.4, 0.5) is 4.79 Å². The van der Waals surface area contributed by atoms with Crippen molar-refractivity contribution in [3.8, 4) is 0 Å². The molecule has 2 heterocycles. The Bertz CT molecular complexity index is 251. The monoisotopic (exact) mass is 211 g/mol. The number of hydrogen-bond acceptors (Lipinski definition) is 2. The Kier molecular flexibility index (Phi) is 2.65. The standard InChI is InChI=1S/C12H21NO2/c1-12(2,3)15-11(14)13-5-4-9-6-10(7-9)8-13/h9-10H,4-8H2,1-3H3. The molecule has 0 aromatic rings. The number of nitrogens with zero attached hydrogens (tertiary/aromatic N) is 1. The third-order valence-corrected chi connectivity index (χ3v) is 3.27. The van der Waals surface area contributed by atoms with Crippen LogP contribution in [0.5, 0.6) is 0 Å². The number of carbonyl (C=O) groups excluding carboxylic acids is 1. The van der Waals surface area contributed by atoms with Crippen LogP contribution >= 0.6 is 0 Å². The lowest BCUT2D eigenvalue weighted by Crippen LogP contribution is -2.39. The third-order valence-electron chi connectivity index (χ3n) is 3.27. The van der Waals surface area contributed by atoms with Gasteiger partial charge >= 0.3 is 6.09 Å². The molecule has 3 fully saturated rings. The first-order valence-electron chi connectivity index (χ1n) is 5.92. The Balaban J connectivity index is 1.89. The van der Waals surface area contributed by atoms with E-state index in [-0.39, 0.29) is 11.7 Å². The molecular weight excluding hydrogens is 190 g/mol. The van der Waals surface area contributed by atoms with Gasteiger partial charge in [0.2, 0.25) is 0 Å². The van der Waals surface area contributed by atoms with Gasteiger partial charge in [0.25, 0.3) is 0 Å². The Morgan fingerprint density at radius 2 is 1.93 bits per heavy atom. The molecular formula is C12H21NO2. The maximum absolute atomic E-state index is 11.8. The number of hydrogen-bond donors (Lipinski definition) is 0. The van der Waals surface area contributed by atoms with Gasteiger partial charge in [-0.25, -0.2) is 4.79 Å². The highest BCUT2D eigenvalue weighted by Crippen LogP contribution is 2.39. The zero-order valence-electron chi connectivity index (χ0n) is 9.95. The summed E-state index contributed by atoms with van der Waals surface area (Å²) < 4.78 is 5.39. The van der Waals surface area contributed by atoms with E-state index < -0.39 is 0 Å². The lowest BCUT2D eigenvalue weighted by atomic mass is 9.75. The number of rotatable bonds is 0. The van der Waals surface area contributed by atoms with E-state index in [1.807, 2.05) is 25.7 Å². The van der Waals surface area contributed by atoms with Crippen molar-refractivity contribution in [2.24, 2.45) is 11.8 Å². The second-order valence-corrected chi connectivity index (χ2v) is 5.92. The van der Waals surface area contributed by atoms with Crippen molar-refractivity contribution < 1.29 is 9.53 Å². The number of carbonyl (C=O) groups is 1. The van der Waals surface area contributed by atoms with Crippen molar-refractivity contribution in [3.63, 3.8) is 0 Å². The van der Waals surface area contributed by atoms with Crippen LogP contribution in [0.25, 0.3) is 0 Å². The topological polar surface area (TPSA) is 29.5 Å². The molecule has 0 N–H and O–H groups in total. The van der Waals surface area contributed by atoms with Crippen LogP contribution in [-0.4, -0.2) is 29.7 Å². The molecule has 2 aliphatic heterocycles. The van der Waals surface area contributed by atoms with E-state index in [2.05, 4.69) is 0 Å². The van der Waals surface area contributed by atoms with E-state index in [1.165, 1.54) is 12.8 Å². The SMILES string of the molecule is CC(C)(C)OC(=O)N1CCC2CC(C2)C1. The summed E-state index contributed by atoms with van der Waals surface area (Å²) in [6.07, 6.45) is 3.67. The van der Waals surface area contributed by atoms with Crippen LogP contribution in [-0.2, 0) is 4.74 Å². The molecule has 0 radical (unpaired) electrons. The fraction of sp³-hybridized carbons (Fsp3) is 0.917. The second kappa shape index (κ2) is 3.69. The predicted octanol–water partition coefficient (Wildman–Crippen LogP) is 2.65. The van der Waals surface area contributed by atoms with E-state index >= 15 is 0 Å². The summed E-state index contributed by atoms with van der Waals surface area (Å²) in [6.45, 7) is 7.55. The Morgan fingerprint density at radius 1 is 1.27 bits per heavy atom. The maximum atomic E-state index is 11.8. The Morgan fingerprint density at radius 3 is 2.53 bits per heavy atom. The normalized spacial score (nSPS) is 30.5. The minimum atomic E-state index is -0.369. The highest BCUT2D eigenvalue weighted by molar-refractivity contribution is 5.68. The zero-order chi connectivity index (χ0) is 11.1. The van der Waals surface area contributed by atoms with Crippen molar-refractivity contribution in [2.45, 2.75) is 45.6 Å². The third kappa shape index (κ3) is 2.64. The molecule has 0 spiro atoms. The van der Waals surface area contributed by atoms with Crippen molar-refractivity contribution in [1.82, 2.24) is 4.90 Å². The van der Waals surface area contributed by atoms with Crippen LogP contribution in [0.2, 0.25) is 0 Å². The first kappa shape index (κ1) is 10.8. The van der Waals surface area contributed by atoms with E-state index in [9.17, 15) is 4.79 Å². The predicted molar refractivity (Wildman–Crippen MR) is 58.6 cm³/mol. The molecule has 1 aliphatic carbocycles. The van der Waals surface area contributed by atoms with Crippen molar-refractivity contribution in [1.29, 1.82) is 0 Å². The van der Waals surface area contributed by atoms with Crippen LogP contribution < -0.4 is 0 Å². The molecule has 3 heteroatoms. The van der Waals surface area contributed by atoms with Crippen molar-refractivity contribution in [3.05, 3.63) is 0 Å². The summed E-state index contributed by atoms with van der Waals surface area (Å²) >= 11 is 0. The zero-order valence-corrected chi connectivity index (χ0v) is 9.95. The van der Waals surface area contributed by atoms with Gasteiger partial charge in [0.05, 0.1) is 0 Å². The molecule has 1 amide bonds. The summed E-state index contributed by atoms with van der Waals surface area (Å²) in [6, 6.07) is 0. The molecule has 0 aromatic heterocycles. The second-order valence-electron chi connectivity index (χ2n) is 5.92. The molecule has 2 saturated heterocycles. The average molecular weight is 211 g/mol. The minimum Gasteiger partial charge on any atom is -0.444 e. The van der Waals surface area contributed by atoms with Crippen LogP contribution in [0, 0.1) is 11.8 Å². The smallest absolute Gasteiger partial charge is 0.410 e. The molecule has 0 aromatic carbocycles. The molecule has 3 rings (SSSR count). The minimum absolute atomic E-state index is 0.130. The molecule has 15 heavy (non-hydrogen) atoms. The van der Waals surface area contributed by atoms with Crippen LogP contribution in [0.3, 0.4) is 0 Å². The molecule has 3 nitrogen and oxygen atoms in total. The summed E-state index contributed by atoms with van der Waals surface area (Å²) in [7, 11) is 0. The number of fused-ring (bicyclic) bond motifs is 3. The lowest BCUT2D eigenvalue weighted by molar-refractivity contribution is 0.0234. The lowest BCUT2D eigenvalue weighted by Gasteiger charge is -2.32. The number of ether oxygens (including phenoxy) is 1. The summed E-state index contributed by atoms with van der Waals surface area (Å²) in [5.74, 6) is 1.62. The highest BCUT2D eigenvalue weighted by Gasteiger charge is 2.36. The van der Waals surface area contributed by atoms with Gasteiger partial charge in [0.15, 0.2) is 0 Å². The molecule has 0 unspecified atom stereocenters. The highest BCUT2D eigenvalue weighted by atomic mass is 16.6. The fourth-order valence-corrected chi connectivity index (χ4v) is 2.49. The number of amides is 1. The van der Waals surface area contributed by atoms with Gasteiger partial charge in [0, 0.05) is 13.1 Å². The van der Waals surface area contributed by atoms with Gasteiger partial charge in [-0.15, -0.1) is 0 Å². The van der Waals surface area contributed by atoms with E-state index in [4.69, 9.17) is 4.74 Å². The van der Waals surface area contributed by atoms with Gasteiger partial charge in [-0.1, -0.05) is 0 Å². The fourth-order valence-electron chi connectivity index (χ4n) is 2.49. The van der Waals surface area contributed by atoms with Crippen molar-refractivity contribution in [2.75, 3.05) is 13.1 Å². The van der Waals surface area contributed by atoms with Gasteiger partial charge in [-0.3, -0.25) is 0 Å². The average Bonchev–Trinajstić information content (AvgIpc) is 2.29. The molecule has 2 bridgehead atoms. The Hall–Kier alpha value is -0.730. The molecule has 86 valence electrons. The van der Waals surface area contributed by atoms with E-state index in [0.29, 0.717) is 0 Å². The van der Waals surface area contributed by atoms with Crippen LogP contribution in [0.15, 0.2) is 0 Å². The Labute approximate surface area is 91.8 Å². The van der Waals surface area contributed by atoms with Crippen molar-refractivity contribution >= 4 is 6.09 Å². The van der Waals surface area contributed by atoms with Crippen LogP contribution in [0.1, 0.15) is 40.0 Å². The van der Waals surface area contributed by atoms with Gasteiger partial charge in [-0.05, 0) is 51.9 Å². The molecule has 0 atom stereocenters. The first-order chi connectivity index (χ1) is 6.94. The molecule has 3 aliphatic rings. The summed E-state index contributed by atoms with van der Waals surface area (Å²) in [4.78, 5) is 13.7. The maximum Gasteiger partial charge on any atom is 0.410 e. The summed E-state index contributed by atoms with van der Waals surface area (Å²) in [5, 5.41) is 0. The van der Waals surface area contributed by atoms with E-state index in [0.717, 1.165) is 31.3 Å². The van der Waals surface area contributed by atoms with Gasteiger partial charge in [-0.2, -0.15) is 0 Å². The molecule has 1 saturated carbocycles.